The molecule has 1 spiro atoms. The van der Waals surface area contributed by atoms with Crippen LogP contribution in [0.5, 0.6) is 0 Å². The van der Waals surface area contributed by atoms with Gasteiger partial charge in [0.15, 0.2) is 0 Å². The molecule has 3 aliphatic rings. The van der Waals surface area contributed by atoms with Crippen LogP contribution in [0.1, 0.15) is 54.6 Å². The van der Waals surface area contributed by atoms with Crippen molar-refractivity contribution in [3.63, 3.8) is 0 Å². The molecular weight excluding hydrogens is 498 g/mol. The van der Waals surface area contributed by atoms with E-state index >= 15 is 0 Å². The van der Waals surface area contributed by atoms with E-state index in [1.807, 2.05) is 17.0 Å². The fourth-order valence-corrected chi connectivity index (χ4v) is 5.62. The number of carbonyl (C=O) groups excluding carboxylic acids is 1. The first kappa shape index (κ1) is 26.0. The van der Waals surface area contributed by atoms with E-state index in [-0.39, 0.29) is 44.4 Å². The number of carbonyl (C=O) groups is 1. The summed E-state index contributed by atoms with van der Waals surface area (Å²) >= 11 is 1.41. The second kappa shape index (κ2) is 10.6. The van der Waals surface area contributed by atoms with Crippen LogP contribution in [-0.2, 0) is 0 Å². The molecule has 0 atom stereocenters. The van der Waals surface area contributed by atoms with Crippen LogP contribution in [-0.4, -0.2) is 65.4 Å². The number of aromatic nitrogens is 2. The Labute approximate surface area is 220 Å². The third-order valence-electron chi connectivity index (χ3n) is 7.63. The fraction of sp³-hybridized carbons (Fsp3) is 0.577. The number of aliphatic hydroxyl groups is 1. The SMILES string of the molecule is Cc1cc(N2CCC(F)(F)CC2)nc(NC(=O)c2ccc(NSCCO)cc2N2CCC3(CC2)CC3)n1. The van der Waals surface area contributed by atoms with E-state index < -0.39 is 5.92 Å². The summed E-state index contributed by atoms with van der Waals surface area (Å²) in [6.07, 6.45) is 4.43. The number of aliphatic hydroxyl groups excluding tert-OH is 1. The normalized spacial score (nSPS) is 20.1. The van der Waals surface area contributed by atoms with Crippen molar-refractivity contribution in [2.75, 3.05) is 58.4 Å². The third-order valence-corrected chi connectivity index (χ3v) is 8.40. The first-order valence-electron chi connectivity index (χ1n) is 12.9. The lowest BCUT2D eigenvalue weighted by Crippen LogP contribution is -2.40. The minimum Gasteiger partial charge on any atom is -0.395 e. The minimum absolute atomic E-state index is 0.0809. The molecule has 1 aromatic carbocycles. The smallest absolute Gasteiger partial charge is 0.260 e. The van der Waals surface area contributed by atoms with Gasteiger partial charge in [0.05, 0.1) is 17.9 Å². The molecule has 0 unspecified atom stereocenters. The van der Waals surface area contributed by atoms with Crippen molar-refractivity contribution in [1.82, 2.24) is 9.97 Å². The van der Waals surface area contributed by atoms with Crippen molar-refractivity contribution in [2.24, 2.45) is 5.41 Å². The molecule has 200 valence electrons. The quantitative estimate of drug-likeness (QED) is 0.333. The molecule has 1 saturated carbocycles. The molecule has 3 heterocycles. The van der Waals surface area contributed by atoms with Gasteiger partial charge in [-0.3, -0.25) is 10.1 Å². The summed E-state index contributed by atoms with van der Waals surface area (Å²) < 4.78 is 30.5. The molecule has 1 aliphatic carbocycles. The third kappa shape index (κ3) is 6.26. The molecule has 0 radical (unpaired) electrons. The largest absolute Gasteiger partial charge is 0.395 e. The highest BCUT2D eigenvalue weighted by Gasteiger charge is 2.44. The van der Waals surface area contributed by atoms with Gasteiger partial charge in [-0.2, -0.15) is 4.98 Å². The number of piperidine rings is 2. The zero-order valence-corrected chi connectivity index (χ0v) is 21.9. The molecular formula is C26H34F2N6O2S. The number of benzene rings is 1. The molecule has 1 aromatic heterocycles. The van der Waals surface area contributed by atoms with Crippen LogP contribution in [0.4, 0.5) is 31.9 Å². The van der Waals surface area contributed by atoms with Crippen LogP contribution in [0.15, 0.2) is 24.3 Å². The van der Waals surface area contributed by atoms with Gasteiger partial charge in [-0.05, 0) is 56.2 Å². The molecule has 1 amide bonds. The van der Waals surface area contributed by atoms with Gasteiger partial charge in [0.1, 0.15) is 5.82 Å². The average molecular weight is 533 g/mol. The minimum atomic E-state index is -2.64. The highest BCUT2D eigenvalue weighted by Crippen LogP contribution is 2.54. The van der Waals surface area contributed by atoms with Gasteiger partial charge in [-0.25, -0.2) is 13.8 Å². The number of aryl methyl sites for hydroxylation is 1. The van der Waals surface area contributed by atoms with Crippen LogP contribution in [0.3, 0.4) is 0 Å². The van der Waals surface area contributed by atoms with Crippen LogP contribution in [0, 0.1) is 12.3 Å². The Kier molecular flexibility index (Phi) is 7.44. The Morgan fingerprint density at radius 1 is 1.03 bits per heavy atom. The number of halogens is 2. The van der Waals surface area contributed by atoms with Gasteiger partial charge < -0.3 is 19.6 Å². The maximum atomic E-state index is 13.6. The molecule has 5 rings (SSSR count). The van der Waals surface area contributed by atoms with Gasteiger partial charge >= 0.3 is 0 Å². The Morgan fingerprint density at radius 2 is 1.73 bits per heavy atom. The molecule has 2 aliphatic heterocycles. The first-order chi connectivity index (χ1) is 17.8. The van der Waals surface area contributed by atoms with E-state index in [0.29, 0.717) is 28.2 Å². The number of hydrogen-bond donors (Lipinski definition) is 3. The molecule has 2 aromatic rings. The number of hydrogen-bond acceptors (Lipinski definition) is 8. The molecule has 37 heavy (non-hydrogen) atoms. The monoisotopic (exact) mass is 532 g/mol. The summed E-state index contributed by atoms with van der Waals surface area (Å²) in [5.41, 5.74) is 3.43. The topological polar surface area (TPSA) is 93.6 Å². The van der Waals surface area contributed by atoms with Gasteiger partial charge in [-0.15, -0.1) is 0 Å². The highest BCUT2D eigenvalue weighted by molar-refractivity contribution is 8.00. The van der Waals surface area contributed by atoms with Gasteiger partial charge in [0.25, 0.3) is 11.8 Å². The summed E-state index contributed by atoms with van der Waals surface area (Å²) in [5.74, 6) is -1.68. The van der Waals surface area contributed by atoms with E-state index in [2.05, 4.69) is 24.9 Å². The van der Waals surface area contributed by atoms with Crippen molar-refractivity contribution in [2.45, 2.75) is 51.4 Å². The van der Waals surface area contributed by atoms with E-state index in [1.54, 1.807) is 19.1 Å². The van der Waals surface area contributed by atoms with Crippen molar-refractivity contribution < 1.29 is 18.7 Å². The Bertz CT molecular complexity index is 1130. The van der Waals surface area contributed by atoms with Gasteiger partial charge in [0.2, 0.25) is 5.95 Å². The molecule has 11 heteroatoms. The lowest BCUT2D eigenvalue weighted by atomic mass is 9.93. The van der Waals surface area contributed by atoms with Crippen molar-refractivity contribution in [3.8, 4) is 0 Å². The summed E-state index contributed by atoms with van der Waals surface area (Å²) in [5, 5.41) is 11.9. The van der Waals surface area contributed by atoms with Crippen molar-refractivity contribution >= 4 is 41.0 Å². The van der Waals surface area contributed by atoms with Crippen LogP contribution in [0.25, 0.3) is 0 Å². The highest BCUT2D eigenvalue weighted by atomic mass is 32.2. The van der Waals surface area contributed by atoms with E-state index in [9.17, 15) is 13.6 Å². The number of amides is 1. The lowest BCUT2D eigenvalue weighted by molar-refractivity contribution is -0.0221. The molecule has 2 saturated heterocycles. The van der Waals surface area contributed by atoms with E-state index in [4.69, 9.17) is 5.11 Å². The van der Waals surface area contributed by atoms with Crippen molar-refractivity contribution in [3.05, 3.63) is 35.5 Å². The first-order valence-corrected chi connectivity index (χ1v) is 13.9. The number of alkyl halides is 2. The van der Waals surface area contributed by atoms with Gasteiger partial charge in [-0.1, -0.05) is 11.9 Å². The number of rotatable bonds is 8. The number of nitrogens with one attached hydrogen (secondary N) is 2. The predicted octanol–water partition coefficient (Wildman–Crippen LogP) is 4.71. The second-order valence-electron chi connectivity index (χ2n) is 10.4. The van der Waals surface area contributed by atoms with Crippen LogP contribution in [0.2, 0.25) is 0 Å². The van der Waals surface area contributed by atoms with Crippen molar-refractivity contribution in [1.29, 1.82) is 0 Å². The van der Waals surface area contributed by atoms with Crippen LogP contribution >= 0.6 is 11.9 Å². The van der Waals surface area contributed by atoms with Crippen LogP contribution < -0.4 is 19.8 Å². The Morgan fingerprint density at radius 3 is 2.41 bits per heavy atom. The molecule has 3 fully saturated rings. The molecule has 3 N–H and O–H groups in total. The standard InChI is InChI=1S/C26H34F2N6O2S/c1-18-16-22(34-12-8-26(27,28)9-13-34)30-24(29-18)31-23(36)20-3-2-19(32-37-15-14-35)17-21(20)33-10-6-25(4-5-25)7-11-33/h2-3,16-17,32,35H,4-15H2,1H3,(H,29,30,31,36). The van der Waals surface area contributed by atoms with E-state index in [1.165, 1.54) is 24.8 Å². The zero-order chi connectivity index (χ0) is 26.0. The summed E-state index contributed by atoms with van der Waals surface area (Å²) in [6.45, 7) is 4.10. The summed E-state index contributed by atoms with van der Waals surface area (Å²) in [6, 6.07) is 7.40. The van der Waals surface area contributed by atoms with Gasteiger partial charge in [0, 0.05) is 62.2 Å². The second-order valence-corrected chi connectivity index (χ2v) is 11.3. The zero-order valence-electron chi connectivity index (χ0n) is 21.1. The Balaban J connectivity index is 1.35. The number of nitrogens with zero attached hydrogens (tertiary/aromatic N) is 4. The maximum Gasteiger partial charge on any atom is 0.260 e. The maximum absolute atomic E-state index is 13.6. The Hall–Kier alpha value is -2.66. The molecule has 0 bridgehead atoms. The van der Waals surface area contributed by atoms with E-state index in [0.717, 1.165) is 37.3 Å². The lowest BCUT2D eigenvalue weighted by Gasteiger charge is -2.35. The number of anilines is 4. The average Bonchev–Trinajstić information content (AvgIpc) is 3.62. The molecule has 8 nitrogen and oxygen atoms in total. The predicted molar refractivity (Wildman–Crippen MR) is 144 cm³/mol. The fourth-order valence-electron chi connectivity index (χ4n) is 5.13. The summed E-state index contributed by atoms with van der Waals surface area (Å²) in [4.78, 5) is 26.5. The summed E-state index contributed by atoms with van der Waals surface area (Å²) in [7, 11) is 0.